The van der Waals surface area contributed by atoms with E-state index in [9.17, 15) is 0 Å². The van der Waals surface area contributed by atoms with Gasteiger partial charge < -0.3 is 10.2 Å². The number of piperazine rings is 1. The third-order valence-corrected chi connectivity index (χ3v) is 5.83. The van der Waals surface area contributed by atoms with Gasteiger partial charge >= 0.3 is 0 Å². The Bertz CT molecular complexity index is 492. The third kappa shape index (κ3) is 3.75. The zero-order chi connectivity index (χ0) is 15.6. The lowest BCUT2D eigenvalue weighted by Crippen LogP contribution is -2.58. The van der Waals surface area contributed by atoms with Gasteiger partial charge in [-0.15, -0.1) is 0 Å². The van der Waals surface area contributed by atoms with Crippen LogP contribution in [0.4, 0.5) is 5.69 Å². The predicted octanol–water partition coefficient (Wildman–Crippen LogP) is 5.01. The summed E-state index contributed by atoms with van der Waals surface area (Å²) in [6, 6.07) is 5.32. The Morgan fingerprint density at radius 3 is 2.76 bits per heavy atom. The molecular formula is C17H26BrClN2. The molecule has 1 aliphatic heterocycles. The molecule has 1 heterocycles. The van der Waals surface area contributed by atoms with Crippen molar-refractivity contribution in [1.29, 1.82) is 0 Å². The molecule has 1 aromatic carbocycles. The number of nitrogens with zero attached hydrogens (tertiary/aromatic N) is 1. The normalized spacial score (nSPS) is 24.2. The smallest absolute Gasteiger partial charge is 0.0529 e. The van der Waals surface area contributed by atoms with Crippen LogP contribution >= 0.6 is 27.5 Å². The lowest BCUT2D eigenvalue weighted by molar-refractivity contribution is 0.306. The SMILES string of the molecule is CCC(C)C1CN(c2cc(Cl)c(C)cc2Br)C(CC)CN1. The first-order chi connectivity index (χ1) is 9.97. The first-order valence-electron chi connectivity index (χ1n) is 7.93. The summed E-state index contributed by atoms with van der Waals surface area (Å²) >= 11 is 10.1. The fourth-order valence-corrected chi connectivity index (χ4v) is 3.85. The van der Waals surface area contributed by atoms with Gasteiger partial charge in [-0.2, -0.15) is 0 Å². The molecule has 1 fully saturated rings. The van der Waals surface area contributed by atoms with Crippen molar-refractivity contribution in [2.45, 2.75) is 52.6 Å². The summed E-state index contributed by atoms with van der Waals surface area (Å²) in [5.74, 6) is 0.685. The van der Waals surface area contributed by atoms with Crippen molar-refractivity contribution in [3.8, 4) is 0 Å². The highest BCUT2D eigenvalue weighted by Gasteiger charge is 2.30. The summed E-state index contributed by atoms with van der Waals surface area (Å²) in [4.78, 5) is 2.53. The molecule has 1 saturated heterocycles. The van der Waals surface area contributed by atoms with Crippen molar-refractivity contribution in [1.82, 2.24) is 5.32 Å². The highest BCUT2D eigenvalue weighted by atomic mass is 79.9. The second kappa shape index (κ2) is 7.34. The Labute approximate surface area is 142 Å². The van der Waals surface area contributed by atoms with Gasteiger partial charge in [0.2, 0.25) is 0 Å². The lowest BCUT2D eigenvalue weighted by atomic mass is 9.94. The standard InChI is InChI=1S/C17H26BrClN2/c1-5-11(3)16-10-21(13(6-2)9-20-16)17-8-15(19)12(4)7-14(17)18/h7-8,11,13,16,20H,5-6,9-10H2,1-4H3. The van der Waals surface area contributed by atoms with Gasteiger partial charge in [0.1, 0.15) is 0 Å². The van der Waals surface area contributed by atoms with Gasteiger partial charge in [-0.1, -0.05) is 38.8 Å². The van der Waals surface area contributed by atoms with E-state index < -0.39 is 0 Å². The maximum atomic E-state index is 6.36. The predicted molar refractivity (Wildman–Crippen MR) is 96.6 cm³/mol. The molecule has 1 N–H and O–H groups in total. The number of benzene rings is 1. The van der Waals surface area contributed by atoms with E-state index >= 15 is 0 Å². The molecule has 1 aliphatic rings. The lowest BCUT2D eigenvalue weighted by Gasteiger charge is -2.44. The summed E-state index contributed by atoms with van der Waals surface area (Å²) in [7, 11) is 0. The van der Waals surface area contributed by atoms with Crippen LogP contribution in [0.25, 0.3) is 0 Å². The van der Waals surface area contributed by atoms with Crippen LogP contribution in [0.15, 0.2) is 16.6 Å². The Hall–Kier alpha value is -0.250. The number of hydrogen-bond donors (Lipinski definition) is 1. The molecule has 3 atom stereocenters. The summed E-state index contributed by atoms with van der Waals surface area (Å²) < 4.78 is 1.15. The molecule has 0 aliphatic carbocycles. The van der Waals surface area contributed by atoms with Gasteiger partial charge in [0.05, 0.1) is 5.69 Å². The molecule has 4 heteroatoms. The molecular weight excluding hydrogens is 348 g/mol. The van der Waals surface area contributed by atoms with E-state index in [1.54, 1.807) is 0 Å². The highest BCUT2D eigenvalue weighted by Crippen LogP contribution is 2.35. The van der Waals surface area contributed by atoms with Crippen LogP contribution in [-0.4, -0.2) is 25.2 Å². The van der Waals surface area contributed by atoms with Gasteiger partial charge in [0.25, 0.3) is 0 Å². The monoisotopic (exact) mass is 372 g/mol. The van der Waals surface area contributed by atoms with Gasteiger partial charge in [-0.3, -0.25) is 0 Å². The quantitative estimate of drug-likeness (QED) is 0.797. The van der Waals surface area contributed by atoms with Crippen molar-refractivity contribution >= 4 is 33.2 Å². The van der Waals surface area contributed by atoms with Gasteiger partial charge in [-0.05, 0) is 52.9 Å². The number of halogens is 2. The summed E-state index contributed by atoms with van der Waals surface area (Å²) in [6.45, 7) is 11.0. The van der Waals surface area contributed by atoms with E-state index in [1.165, 1.54) is 12.1 Å². The molecule has 2 rings (SSSR count). The van der Waals surface area contributed by atoms with Gasteiger partial charge in [-0.25, -0.2) is 0 Å². The molecule has 0 aromatic heterocycles. The van der Waals surface area contributed by atoms with E-state index in [1.807, 2.05) is 6.92 Å². The minimum absolute atomic E-state index is 0.528. The molecule has 21 heavy (non-hydrogen) atoms. The minimum atomic E-state index is 0.528. The zero-order valence-corrected chi connectivity index (χ0v) is 15.8. The second-order valence-electron chi connectivity index (χ2n) is 6.17. The third-order valence-electron chi connectivity index (χ3n) is 4.79. The average molecular weight is 374 g/mol. The van der Waals surface area contributed by atoms with E-state index in [2.05, 4.69) is 59.1 Å². The molecule has 0 radical (unpaired) electrons. The molecule has 118 valence electrons. The molecule has 1 aromatic rings. The van der Waals surface area contributed by atoms with Crippen LogP contribution in [-0.2, 0) is 0 Å². The highest BCUT2D eigenvalue weighted by molar-refractivity contribution is 9.10. The van der Waals surface area contributed by atoms with Crippen LogP contribution in [0.3, 0.4) is 0 Å². The van der Waals surface area contributed by atoms with Crippen molar-refractivity contribution in [2.24, 2.45) is 5.92 Å². The minimum Gasteiger partial charge on any atom is -0.365 e. The number of hydrogen-bond acceptors (Lipinski definition) is 2. The zero-order valence-electron chi connectivity index (χ0n) is 13.4. The maximum Gasteiger partial charge on any atom is 0.0529 e. The van der Waals surface area contributed by atoms with Crippen LogP contribution in [0.5, 0.6) is 0 Å². The van der Waals surface area contributed by atoms with Crippen LogP contribution < -0.4 is 10.2 Å². The fraction of sp³-hybridized carbons (Fsp3) is 0.647. The summed E-state index contributed by atoms with van der Waals surface area (Å²) in [6.07, 6.45) is 2.34. The first kappa shape index (κ1) is 17.1. The Balaban J connectivity index is 2.31. The number of rotatable bonds is 4. The number of aryl methyl sites for hydroxylation is 1. The summed E-state index contributed by atoms with van der Waals surface area (Å²) in [5.41, 5.74) is 2.35. The Morgan fingerprint density at radius 1 is 1.43 bits per heavy atom. The van der Waals surface area contributed by atoms with Crippen molar-refractivity contribution in [3.05, 3.63) is 27.2 Å². The molecule has 0 bridgehead atoms. The topological polar surface area (TPSA) is 15.3 Å². The van der Waals surface area contributed by atoms with Crippen molar-refractivity contribution < 1.29 is 0 Å². The number of anilines is 1. The van der Waals surface area contributed by atoms with E-state index in [0.29, 0.717) is 18.0 Å². The maximum absolute atomic E-state index is 6.36. The van der Waals surface area contributed by atoms with E-state index in [0.717, 1.165) is 34.6 Å². The average Bonchev–Trinajstić information content (AvgIpc) is 2.49. The van der Waals surface area contributed by atoms with Gasteiger partial charge in [0.15, 0.2) is 0 Å². The van der Waals surface area contributed by atoms with Crippen LogP contribution in [0.1, 0.15) is 39.2 Å². The van der Waals surface area contributed by atoms with Crippen molar-refractivity contribution in [2.75, 3.05) is 18.0 Å². The molecule has 0 spiro atoms. The summed E-state index contributed by atoms with van der Waals surface area (Å²) in [5, 5.41) is 4.57. The van der Waals surface area contributed by atoms with Crippen molar-refractivity contribution in [3.63, 3.8) is 0 Å². The van der Waals surface area contributed by atoms with Crippen LogP contribution in [0, 0.1) is 12.8 Å². The molecule has 3 unspecified atom stereocenters. The Morgan fingerprint density at radius 2 is 2.14 bits per heavy atom. The van der Waals surface area contributed by atoms with Crippen LogP contribution in [0.2, 0.25) is 5.02 Å². The fourth-order valence-electron chi connectivity index (χ4n) is 3.00. The largest absolute Gasteiger partial charge is 0.365 e. The second-order valence-corrected chi connectivity index (χ2v) is 7.43. The van der Waals surface area contributed by atoms with Gasteiger partial charge in [0, 0.05) is 34.7 Å². The Kier molecular flexibility index (Phi) is 5.98. The molecule has 0 amide bonds. The first-order valence-corrected chi connectivity index (χ1v) is 9.10. The number of nitrogens with one attached hydrogen (secondary N) is 1. The van der Waals surface area contributed by atoms with E-state index in [-0.39, 0.29) is 0 Å². The molecule has 0 saturated carbocycles. The molecule has 2 nitrogen and oxygen atoms in total. The van der Waals surface area contributed by atoms with E-state index in [4.69, 9.17) is 11.6 Å².